The smallest absolute Gasteiger partial charge is 0.231 e. The van der Waals surface area contributed by atoms with Gasteiger partial charge in [-0.15, -0.1) is 0 Å². The van der Waals surface area contributed by atoms with Gasteiger partial charge < -0.3 is 5.32 Å². The molecule has 1 amide bonds. The van der Waals surface area contributed by atoms with Crippen LogP contribution in [0.2, 0.25) is 5.02 Å². The lowest BCUT2D eigenvalue weighted by molar-refractivity contribution is -0.116. The summed E-state index contributed by atoms with van der Waals surface area (Å²) in [5.41, 5.74) is 3.05. The van der Waals surface area contributed by atoms with Gasteiger partial charge in [0, 0.05) is 27.2 Å². The first-order valence-electron chi connectivity index (χ1n) is 6.87. The molecule has 1 aliphatic rings. The summed E-state index contributed by atoms with van der Waals surface area (Å²) in [5.74, 6) is -0.270. The van der Waals surface area contributed by atoms with Crippen LogP contribution < -0.4 is 5.32 Å². The molecule has 3 rings (SSSR count). The van der Waals surface area contributed by atoms with Gasteiger partial charge in [-0.05, 0) is 48.4 Å². The molecule has 3 nitrogen and oxygen atoms in total. The van der Waals surface area contributed by atoms with Crippen molar-refractivity contribution in [3.8, 4) is 0 Å². The number of benzene rings is 2. The average molecular weight is 379 g/mol. The molecule has 0 radical (unpaired) electrons. The van der Waals surface area contributed by atoms with E-state index in [1.165, 1.54) is 0 Å². The molecular weight excluding hydrogens is 366 g/mol. The molecule has 5 heteroatoms. The zero-order chi connectivity index (χ0) is 15.9. The number of ketones is 1. The van der Waals surface area contributed by atoms with Gasteiger partial charge in [0.2, 0.25) is 5.91 Å². The lowest BCUT2D eigenvalue weighted by Gasteiger charge is -2.07. The van der Waals surface area contributed by atoms with Crippen molar-refractivity contribution in [2.75, 3.05) is 5.32 Å². The van der Waals surface area contributed by atoms with E-state index < -0.39 is 0 Å². The van der Waals surface area contributed by atoms with Crippen LogP contribution in [0.15, 0.2) is 40.9 Å². The van der Waals surface area contributed by atoms with E-state index in [4.69, 9.17) is 11.6 Å². The van der Waals surface area contributed by atoms with E-state index in [-0.39, 0.29) is 24.0 Å². The Balaban J connectivity index is 1.86. The van der Waals surface area contributed by atoms with Crippen LogP contribution in [0.5, 0.6) is 0 Å². The molecule has 1 aliphatic heterocycles. The molecule has 0 saturated heterocycles. The quantitative estimate of drug-likeness (QED) is 0.794. The number of halogens is 2. The van der Waals surface area contributed by atoms with E-state index in [1.54, 1.807) is 24.3 Å². The second-order valence-corrected chi connectivity index (χ2v) is 6.67. The number of Topliss-reactive ketones (excluding diaryl/α,β-unsaturated/α-hetero) is 1. The summed E-state index contributed by atoms with van der Waals surface area (Å²) < 4.78 is 0.879. The van der Waals surface area contributed by atoms with Gasteiger partial charge >= 0.3 is 0 Å². The molecule has 2 aromatic carbocycles. The SMILES string of the molecule is CC1C(=O)Nc2ccc(C(=O)Cc3ccc(Br)cc3Cl)cc21. The third-order valence-corrected chi connectivity index (χ3v) is 4.70. The molecule has 0 fully saturated rings. The van der Waals surface area contributed by atoms with Gasteiger partial charge in [0.15, 0.2) is 5.78 Å². The first-order valence-corrected chi connectivity index (χ1v) is 8.05. The Labute approximate surface area is 141 Å². The van der Waals surface area contributed by atoms with E-state index in [9.17, 15) is 9.59 Å². The van der Waals surface area contributed by atoms with Crippen LogP contribution in [0.3, 0.4) is 0 Å². The maximum Gasteiger partial charge on any atom is 0.231 e. The highest BCUT2D eigenvalue weighted by Gasteiger charge is 2.27. The normalized spacial score (nSPS) is 16.3. The van der Waals surface area contributed by atoms with Crippen LogP contribution in [0, 0.1) is 0 Å². The summed E-state index contributed by atoms with van der Waals surface area (Å²) in [6.45, 7) is 1.83. The maximum absolute atomic E-state index is 12.5. The van der Waals surface area contributed by atoms with Crippen LogP contribution in [-0.4, -0.2) is 11.7 Å². The minimum Gasteiger partial charge on any atom is -0.325 e. The van der Waals surface area contributed by atoms with Crippen LogP contribution in [-0.2, 0) is 11.2 Å². The second-order valence-electron chi connectivity index (χ2n) is 5.35. The molecule has 1 unspecified atom stereocenters. The Morgan fingerprint density at radius 2 is 2.05 bits per heavy atom. The number of anilines is 1. The van der Waals surface area contributed by atoms with Crippen molar-refractivity contribution < 1.29 is 9.59 Å². The first-order chi connectivity index (χ1) is 10.5. The van der Waals surface area contributed by atoms with Gasteiger partial charge in [-0.2, -0.15) is 0 Å². The molecule has 1 N–H and O–H groups in total. The molecule has 0 aliphatic carbocycles. The Bertz CT molecular complexity index is 788. The summed E-state index contributed by atoms with van der Waals surface area (Å²) in [6.07, 6.45) is 0.237. The van der Waals surface area contributed by atoms with Gasteiger partial charge in [0.1, 0.15) is 0 Å². The topological polar surface area (TPSA) is 46.2 Å². The lowest BCUT2D eigenvalue weighted by Crippen LogP contribution is -2.08. The molecule has 1 heterocycles. The molecule has 1 atom stereocenters. The highest BCUT2D eigenvalue weighted by Crippen LogP contribution is 2.33. The van der Waals surface area contributed by atoms with Gasteiger partial charge in [-0.1, -0.05) is 33.6 Å². The van der Waals surface area contributed by atoms with Crippen molar-refractivity contribution in [2.45, 2.75) is 19.3 Å². The predicted molar refractivity (Wildman–Crippen MR) is 90.7 cm³/mol. The number of hydrogen-bond donors (Lipinski definition) is 1. The number of carbonyl (C=O) groups is 2. The summed E-state index contributed by atoms with van der Waals surface area (Å²) in [6, 6.07) is 10.8. The zero-order valence-corrected chi connectivity index (χ0v) is 14.2. The number of nitrogens with one attached hydrogen (secondary N) is 1. The first kappa shape index (κ1) is 15.3. The molecule has 0 saturated carbocycles. The Hall–Kier alpha value is -1.65. The summed E-state index contributed by atoms with van der Waals surface area (Å²) in [4.78, 5) is 24.1. The molecule has 0 bridgehead atoms. The summed E-state index contributed by atoms with van der Waals surface area (Å²) in [5, 5.41) is 3.37. The van der Waals surface area contributed by atoms with Crippen LogP contribution in [0.1, 0.15) is 34.3 Å². The van der Waals surface area contributed by atoms with Crippen molar-refractivity contribution in [2.24, 2.45) is 0 Å². The number of fused-ring (bicyclic) bond motifs is 1. The number of rotatable bonds is 3. The average Bonchev–Trinajstić information content (AvgIpc) is 2.77. The largest absolute Gasteiger partial charge is 0.325 e. The van der Waals surface area contributed by atoms with E-state index >= 15 is 0 Å². The Kier molecular flexibility index (Phi) is 4.06. The molecule has 112 valence electrons. The van der Waals surface area contributed by atoms with Gasteiger partial charge in [-0.25, -0.2) is 0 Å². The highest BCUT2D eigenvalue weighted by atomic mass is 79.9. The number of carbonyl (C=O) groups excluding carboxylic acids is 2. The third kappa shape index (κ3) is 2.81. The van der Waals surface area contributed by atoms with E-state index in [1.807, 2.05) is 19.1 Å². The van der Waals surface area contributed by atoms with E-state index in [2.05, 4.69) is 21.2 Å². The minimum absolute atomic E-state index is 0.0152. The van der Waals surface area contributed by atoms with Crippen LogP contribution in [0.4, 0.5) is 5.69 Å². The van der Waals surface area contributed by atoms with Crippen molar-refractivity contribution in [3.05, 3.63) is 62.6 Å². The fourth-order valence-corrected chi connectivity index (χ4v) is 3.27. The van der Waals surface area contributed by atoms with Crippen molar-refractivity contribution >= 4 is 44.9 Å². The Morgan fingerprint density at radius 3 is 2.77 bits per heavy atom. The fourth-order valence-electron chi connectivity index (χ4n) is 2.53. The Morgan fingerprint density at radius 1 is 1.27 bits per heavy atom. The summed E-state index contributed by atoms with van der Waals surface area (Å²) >= 11 is 9.51. The molecule has 0 aromatic heterocycles. The molecular formula is C17H13BrClNO2. The third-order valence-electron chi connectivity index (χ3n) is 3.86. The number of amides is 1. The molecule has 0 spiro atoms. The van der Waals surface area contributed by atoms with Crippen LogP contribution >= 0.6 is 27.5 Å². The van der Waals surface area contributed by atoms with E-state index in [0.717, 1.165) is 21.3 Å². The lowest BCUT2D eigenvalue weighted by atomic mass is 9.96. The van der Waals surface area contributed by atoms with Crippen LogP contribution in [0.25, 0.3) is 0 Å². The molecule has 2 aromatic rings. The second kappa shape index (κ2) is 5.86. The fraction of sp³-hybridized carbons (Fsp3) is 0.176. The predicted octanol–water partition coefficient (Wildman–Crippen LogP) is 4.58. The highest BCUT2D eigenvalue weighted by molar-refractivity contribution is 9.10. The zero-order valence-electron chi connectivity index (χ0n) is 11.8. The van der Waals surface area contributed by atoms with Gasteiger partial charge in [0.25, 0.3) is 0 Å². The van der Waals surface area contributed by atoms with Crippen molar-refractivity contribution in [1.29, 1.82) is 0 Å². The number of hydrogen-bond acceptors (Lipinski definition) is 2. The standard InChI is InChI=1S/C17H13BrClNO2/c1-9-13-6-11(3-5-15(13)20-17(9)22)16(21)7-10-2-4-12(18)8-14(10)19/h2-6,8-9H,7H2,1H3,(H,20,22). The maximum atomic E-state index is 12.5. The van der Waals surface area contributed by atoms with Gasteiger partial charge in [0.05, 0.1) is 5.92 Å². The molecule has 22 heavy (non-hydrogen) atoms. The monoisotopic (exact) mass is 377 g/mol. The van der Waals surface area contributed by atoms with Crippen molar-refractivity contribution in [3.63, 3.8) is 0 Å². The van der Waals surface area contributed by atoms with Crippen molar-refractivity contribution in [1.82, 2.24) is 0 Å². The minimum atomic E-state index is -0.223. The van der Waals surface area contributed by atoms with E-state index in [0.29, 0.717) is 10.6 Å². The van der Waals surface area contributed by atoms with Gasteiger partial charge in [-0.3, -0.25) is 9.59 Å². The summed E-state index contributed by atoms with van der Waals surface area (Å²) in [7, 11) is 0.